The van der Waals surface area contributed by atoms with Crippen LogP contribution < -0.4 is 16.0 Å². The third kappa shape index (κ3) is 9.15. The van der Waals surface area contributed by atoms with Gasteiger partial charge in [-0.05, 0) is 45.1 Å². The molecule has 0 bridgehead atoms. The molecule has 2 unspecified atom stereocenters. The van der Waals surface area contributed by atoms with Gasteiger partial charge in [-0.3, -0.25) is 4.99 Å². The smallest absolute Gasteiger partial charge is 0.191 e. The number of benzene rings is 1. The molecule has 3 N–H and O–H groups in total. The Balaban J connectivity index is 0.00000363. The second-order valence-electron chi connectivity index (χ2n) is 9.04. The van der Waals surface area contributed by atoms with Crippen LogP contribution in [0.5, 0.6) is 0 Å². The first-order chi connectivity index (χ1) is 15.2. The van der Waals surface area contributed by atoms with Gasteiger partial charge >= 0.3 is 0 Å². The average molecular weight is 559 g/mol. The zero-order chi connectivity index (χ0) is 21.8. The minimum absolute atomic E-state index is 0. The standard InChI is InChI=1S/C25H42N4O2.HI/c1-3-26-24(27-15-9-16-30-18-22-12-17-31-19-22)28-20-25(13-7-8-14-25)29-21(2)23-10-5-4-6-11-23;/h4-6,10-11,21-22,29H,3,7-9,12-20H2,1-2H3,(H2,26,27,28);1H. The summed E-state index contributed by atoms with van der Waals surface area (Å²) in [7, 11) is 0. The van der Waals surface area contributed by atoms with Crippen LogP contribution in [0.1, 0.15) is 64.0 Å². The molecule has 0 amide bonds. The van der Waals surface area contributed by atoms with Crippen molar-refractivity contribution in [2.24, 2.45) is 10.9 Å². The van der Waals surface area contributed by atoms with Crippen molar-refractivity contribution in [3.63, 3.8) is 0 Å². The number of rotatable bonds is 12. The van der Waals surface area contributed by atoms with E-state index in [1.165, 1.54) is 31.2 Å². The van der Waals surface area contributed by atoms with Gasteiger partial charge in [0.05, 0.1) is 19.8 Å². The number of nitrogens with one attached hydrogen (secondary N) is 3. The molecule has 0 spiro atoms. The van der Waals surface area contributed by atoms with Gasteiger partial charge in [-0.25, -0.2) is 0 Å². The largest absolute Gasteiger partial charge is 0.381 e. The fourth-order valence-corrected chi connectivity index (χ4v) is 4.60. The Morgan fingerprint density at radius 2 is 2.00 bits per heavy atom. The fraction of sp³-hybridized carbons (Fsp3) is 0.720. The van der Waals surface area contributed by atoms with Crippen molar-refractivity contribution >= 4 is 29.9 Å². The highest BCUT2D eigenvalue weighted by Gasteiger charge is 2.35. The molecule has 7 heteroatoms. The summed E-state index contributed by atoms with van der Waals surface area (Å²) in [5.41, 5.74) is 1.43. The van der Waals surface area contributed by atoms with Crippen LogP contribution in [0.3, 0.4) is 0 Å². The van der Waals surface area contributed by atoms with E-state index in [0.29, 0.717) is 12.0 Å². The summed E-state index contributed by atoms with van der Waals surface area (Å²) in [4.78, 5) is 4.97. The second kappa shape index (κ2) is 15.1. The first-order valence-corrected chi connectivity index (χ1v) is 12.2. The molecule has 0 aromatic heterocycles. The minimum atomic E-state index is 0. The quantitative estimate of drug-likeness (QED) is 0.155. The van der Waals surface area contributed by atoms with Gasteiger partial charge in [0.1, 0.15) is 0 Å². The lowest BCUT2D eigenvalue weighted by Crippen LogP contribution is -2.48. The van der Waals surface area contributed by atoms with Gasteiger partial charge < -0.3 is 25.4 Å². The predicted octanol–water partition coefficient (Wildman–Crippen LogP) is 4.27. The van der Waals surface area contributed by atoms with Crippen LogP contribution in [0.2, 0.25) is 0 Å². The summed E-state index contributed by atoms with van der Waals surface area (Å²) in [5.74, 6) is 1.49. The summed E-state index contributed by atoms with van der Waals surface area (Å²) in [6.07, 6.45) is 7.03. The number of nitrogens with zero attached hydrogens (tertiary/aromatic N) is 1. The van der Waals surface area contributed by atoms with Gasteiger partial charge in [0, 0.05) is 43.8 Å². The number of guanidine groups is 1. The van der Waals surface area contributed by atoms with Crippen molar-refractivity contribution < 1.29 is 9.47 Å². The number of hydrogen-bond acceptors (Lipinski definition) is 4. The van der Waals surface area contributed by atoms with Crippen LogP contribution in [-0.4, -0.2) is 57.6 Å². The molecule has 3 rings (SSSR count). The van der Waals surface area contributed by atoms with E-state index in [4.69, 9.17) is 14.5 Å². The summed E-state index contributed by atoms with van der Waals surface area (Å²) in [6.45, 7) is 10.3. The lowest BCUT2D eigenvalue weighted by Gasteiger charge is -2.33. The molecule has 1 saturated carbocycles. The van der Waals surface area contributed by atoms with Gasteiger partial charge in [-0.15, -0.1) is 24.0 Å². The highest BCUT2D eigenvalue weighted by molar-refractivity contribution is 14.0. The number of ether oxygens (including phenoxy) is 2. The van der Waals surface area contributed by atoms with E-state index in [2.05, 4.69) is 60.1 Å². The topological polar surface area (TPSA) is 66.9 Å². The molecule has 32 heavy (non-hydrogen) atoms. The third-order valence-corrected chi connectivity index (χ3v) is 6.40. The monoisotopic (exact) mass is 558 g/mol. The van der Waals surface area contributed by atoms with Crippen LogP contribution in [0.25, 0.3) is 0 Å². The zero-order valence-electron chi connectivity index (χ0n) is 19.9. The Morgan fingerprint density at radius 1 is 1.22 bits per heavy atom. The highest BCUT2D eigenvalue weighted by atomic mass is 127. The lowest BCUT2D eigenvalue weighted by atomic mass is 9.95. The molecule has 2 aliphatic rings. The average Bonchev–Trinajstić information content (AvgIpc) is 3.47. The molecule has 182 valence electrons. The summed E-state index contributed by atoms with van der Waals surface area (Å²) < 4.78 is 11.2. The van der Waals surface area contributed by atoms with Gasteiger partial charge in [0.15, 0.2) is 5.96 Å². The molecule has 1 heterocycles. The molecule has 2 atom stereocenters. The molecule has 1 aromatic carbocycles. The maximum atomic E-state index is 5.81. The predicted molar refractivity (Wildman–Crippen MR) is 143 cm³/mol. The summed E-state index contributed by atoms with van der Waals surface area (Å²) in [5, 5.41) is 10.8. The SMILES string of the molecule is CCNC(=NCC1(NC(C)c2ccccc2)CCCC1)NCCCOCC1CCOC1.I. The van der Waals surface area contributed by atoms with Crippen LogP contribution in [-0.2, 0) is 9.47 Å². The normalized spacial score (nSPS) is 21.2. The fourth-order valence-electron chi connectivity index (χ4n) is 4.60. The molecule has 1 aliphatic heterocycles. The van der Waals surface area contributed by atoms with Crippen molar-refractivity contribution in [2.45, 2.75) is 64.0 Å². The van der Waals surface area contributed by atoms with Crippen molar-refractivity contribution in [2.75, 3.05) is 46.1 Å². The number of aliphatic imine (C=N–C) groups is 1. The van der Waals surface area contributed by atoms with E-state index in [0.717, 1.165) is 64.9 Å². The highest BCUT2D eigenvalue weighted by Crippen LogP contribution is 2.32. The first-order valence-electron chi connectivity index (χ1n) is 12.2. The Bertz CT molecular complexity index is 647. The van der Waals surface area contributed by atoms with Gasteiger partial charge in [0.25, 0.3) is 0 Å². The maximum Gasteiger partial charge on any atom is 0.191 e. The summed E-state index contributed by atoms with van der Waals surface area (Å²) in [6, 6.07) is 11.0. The van der Waals surface area contributed by atoms with E-state index in [1.54, 1.807) is 0 Å². The lowest BCUT2D eigenvalue weighted by molar-refractivity contribution is 0.0888. The first kappa shape index (κ1) is 27.3. The molecule has 1 aromatic rings. The number of halogens is 1. The van der Waals surface area contributed by atoms with Crippen LogP contribution in [0, 0.1) is 5.92 Å². The van der Waals surface area contributed by atoms with E-state index in [1.807, 2.05) is 0 Å². The molecular weight excluding hydrogens is 515 g/mol. The second-order valence-corrected chi connectivity index (χ2v) is 9.04. The maximum absolute atomic E-state index is 5.81. The van der Waals surface area contributed by atoms with Crippen LogP contribution >= 0.6 is 24.0 Å². The van der Waals surface area contributed by atoms with Gasteiger partial charge in [0.2, 0.25) is 0 Å². The molecule has 0 radical (unpaired) electrons. The van der Waals surface area contributed by atoms with E-state index >= 15 is 0 Å². The van der Waals surface area contributed by atoms with Crippen LogP contribution in [0.4, 0.5) is 0 Å². The van der Waals surface area contributed by atoms with Gasteiger partial charge in [-0.2, -0.15) is 0 Å². The molecule has 6 nitrogen and oxygen atoms in total. The Morgan fingerprint density at radius 3 is 2.69 bits per heavy atom. The van der Waals surface area contributed by atoms with Crippen molar-refractivity contribution in [1.82, 2.24) is 16.0 Å². The van der Waals surface area contributed by atoms with E-state index < -0.39 is 0 Å². The summed E-state index contributed by atoms with van der Waals surface area (Å²) >= 11 is 0. The van der Waals surface area contributed by atoms with E-state index in [9.17, 15) is 0 Å². The molecule has 2 fully saturated rings. The van der Waals surface area contributed by atoms with Crippen LogP contribution in [0.15, 0.2) is 35.3 Å². The molecule has 1 aliphatic carbocycles. The Hall–Kier alpha value is -0.900. The Labute approximate surface area is 211 Å². The van der Waals surface area contributed by atoms with Crippen molar-refractivity contribution in [3.05, 3.63) is 35.9 Å². The van der Waals surface area contributed by atoms with Crippen molar-refractivity contribution in [3.8, 4) is 0 Å². The van der Waals surface area contributed by atoms with Gasteiger partial charge in [-0.1, -0.05) is 43.2 Å². The minimum Gasteiger partial charge on any atom is -0.381 e. The van der Waals surface area contributed by atoms with Crippen molar-refractivity contribution in [1.29, 1.82) is 0 Å². The number of hydrogen-bond donors (Lipinski definition) is 3. The third-order valence-electron chi connectivity index (χ3n) is 6.40. The Kier molecular flexibility index (Phi) is 12.9. The molecule has 1 saturated heterocycles. The van der Waals surface area contributed by atoms with E-state index in [-0.39, 0.29) is 29.5 Å². The zero-order valence-corrected chi connectivity index (χ0v) is 22.2. The molecular formula is C25H43IN4O2.